The van der Waals surface area contributed by atoms with Crippen LogP contribution < -0.4 is 5.32 Å². The molecule has 0 aliphatic carbocycles. The van der Waals surface area contributed by atoms with E-state index in [4.69, 9.17) is 4.74 Å². The Bertz CT molecular complexity index is 678. The first kappa shape index (κ1) is 17.0. The fraction of sp³-hybridized carbons (Fsp3) is 0.444. The van der Waals surface area contributed by atoms with Crippen LogP contribution in [0.5, 0.6) is 0 Å². The summed E-state index contributed by atoms with van der Waals surface area (Å²) in [6, 6.07) is 8.51. The van der Waals surface area contributed by atoms with Gasteiger partial charge in [0.25, 0.3) is 5.91 Å². The molecule has 0 radical (unpaired) electrons. The van der Waals surface area contributed by atoms with Gasteiger partial charge in [-0.25, -0.2) is 0 Å². The van der Waals surface area contributed by atoms with Crippen molar-refractivity contribution in [2.75, 3.05) is 19.0 Å². The highest BCUT2D eigenvalue weighted by molar-refractivity contribution is 7.99. The van der Waals surface area contributed by atoms with Gasteiger partial charge in [-0.05, 0) is 32.4 Å². The van der Waals surface area contributed by atoms with Gasteiger partial charge in [-0.15, -0.1) is 11.8 Å². The van der Waals surface area contributed by atoms with Gasteiger partial charge in [-0.3, -0.25) is 9.89 Å². The Labute approximate surface area is 146 Å². The van der Waals surface area contributed by atoms with Crippen molar-refractivity contribution in [3.63, 3.8) is 0 Å². The van der Waals surface area contributed by atoms with Gasteiger partial charge in [0.05, 0.1) is 24.1 Å². The minimum atomic E-state index is -0.0670. The maximum Gasteiger partial charge on any atom is 0.254 e. The number of carbonyl (C=O) groups is 1. The number of aryl methyl sites for hydroxylation is 1. The number of aromatic amines is 1. The van der Waals surface area contributed by atoms with Gasteiger partial charge in [0, 0.05) is 29.2 Å². The Balaban J connectivity index is 1.54. The fourth-order valence-electron chi connectivity index (χ4n) is 2.75. The summed E-state index contributed by atoms with van der Waals surface area (Å²) in [7, 11) is 0. The van der Waals surface area contributed by atoms with E-state index in [1.807, 2.05) is 6.92 Å². The number of nitrogens with one attached hydrogen (secondary N) is 2. The second-order valence-electron chi connectivity index (χ2n) is 6.26. The number of rotatable bonds is 6. The van der Waals surface area contributed by atoms with E-state index in [1.165, 1.54) is 10.5 Å². The number of aromatic nitrogens is 2. The lowest BCUT2D eigenvalue weighted by Crippen LogP contribution is -2.34. The molecule has 3 rings (SSSR count). The number of ether oxygens (including phenoxy) is 1. The van der Waals surface area contributed by atoms with Crippen molar-refractivity contribution in [2.45, 2.75) is 37.1 Å². The summed E-state index contributed by atoms with van der Waals surface area (Å²) in [5, 5.41) is 10.1. The fourth-order valence-corrected chi connectivity index (χ4v) is 3.60. The predicted octanol–water partition coefficient (Wildman–Crippen LogP) is 3.13. The van der Waals surface area contributed by atoms with Crippen LogP contribution in [0.2, 0.25) is 0 Å². The molecule has 128 valence electrons. The highest BCUT2D eigenvalue weighted by Crippen LogP contribution is 2.26. The number of hydrogen-bond donors (Lipinski definition) is 2. The summed E-state index contributed by atoms with van der Waals surface area (Å²) in [6.07, 6.45) is 2.55. The average molecular weight is 345 g/mol. The van der Waals surface area contributed by atoms with Crippen LogP contribution in [0.4, 0.5) is 0 Å². The normalized spacial score (nSPS) is 18.5. The largest absolute Gasteiger partial charge is 0.381 e. The Hall–Kier alpha value is -1.79. The first-order valence-corrected chi connectivity index (χ1v) is 9.23. The molecule has 2 N–H and O–H groups in total. The molecule has 0 unspecified atom stereocenters. The molecule has 0 bridgehead atoms. The summed E-state index contributed by atoms with van der Waals surface area (Å²) in [5.74, 6) is 1.00. The van der Waals surface area contributed by atoms with E-state index >= 15 is 0 Å². The van der Waals surface area contributed by atoms with E-state index in [-0.39, 0.29) is 17.9 Å². The van der Waals surface area contributed by atoms with Crippen molar-refractivity contribution in [3.8, 4) is 0 Å². The van der Waals surface area contributed by atoms with Crippen molar-refractivity contribution in [1.29, 1.82) is 0 Å². The Morgan fingerprint density at radius 1 is 1.46 bits per heavy atom. The zero-order valence-electron chi connectivity index (χ0n) is 14.0. The Kier molecular flexibility index (Phi) is 5.58. The smallest absolute Gasteiger partial charge is 0.254 e. The highest BCUT2D eigenvalue weighted by atomic mass is 32.2. The molecule has 24 heavy (non-hydrogen) atoms. The lowest BCUT2D eigenvalue weighted by molar-refractivity contribution is 0.0942. The third-order valence-electron chi connectivity index (χ3n) is 4.15. The molecule has 1 aromatic carbocycles. The summed E-state index contributed by atoms with van der Waals surface area (Å²) in [5.41, 5.74) is 2.78. The van der Waals surface area contributed by atoms with E-state index in [9.17, 15) is 4.79 Å². The second-order valence-corrected chi connectivity index (χ2v) is 7.35. The molecule has 6 heteroatoms. The van der Waals surface area contributed by atoms with E-state index in [0.29, 0.717) is 12.2 Å². The van der Waals surface area contributed by atoms with Crippen LogP contribution in [0.15, 0.2) is 35.4 Å². The molecule has 0 saturated carbocycles. The SMILES string of the molecule is Cc1ccc(SC[C@@H](C)NC(=O)c2cn[nH]c2[C@@H]2CCOC2)cc1. The highest BCUT2D eigenvalue weighted by Gasteiger charge is 2.25. The molecular formula is C18H23N3O2S. The Morgan fingerprint density at radius 3 is 2.96 bits per heavy atom. The zero-order valence-corrected chi connectivity index (χ0v) is 14.9. The van der Waals surface area contributed by atoms with Crippen LogP contribution in [0.1, 0.15) is 40.9 Å². The van der Waals surface area contributed by atoms with Crippen LogP contribution in [0, 0.1) is 6.92 Å². The molecule has 1 aliphatic heterocycles. The number of nitrogens with zero attached hydrogens (tertiary/aromatic N) is 1. The lowest BCUT2D eigenvalue weighted by atomic mass is 10.0. The van der Waals surface area contributed by atoms with E-state index in [0.717, 1.165) is 24.5 Å². The summed E-state index contributed by atoms with van der Waals surface area (Å²) >= 11 is 1.75. The summed E-state index contributed by atoms with van der Waals surface area (Å²) < 4.78 is 5.41. The molecule has 2 aromatic rings. The maximum absolute atomic E-state index is 12.5. The molecule has 5 nitrogen and oxygen atoms in total. The van der Waals surface area contributed by atoms with Crippen molar-refractivity contribution in [2.24, 2.45) is 0 Å². The molecule has 1 fully saturated rings. The van der Waals surface area contributed by atoms with Crippen LogP contribution in [0.25, 0.3) is 0 Å². The standard InChI is InChI=1S/C18H23N3O2S/c1-12-3-5-15(6-4-12)24-11-13(2)20-18(22)16-9-19-21-17(16)14-7-8-23-10-14/h3-6,9,13-14H,7-8,10-11H2,1-2H3,(H,19,21)(H,20,22)/t13-,14-/m1/s1. The van der Waals surface area contributed by atoms with Gasteiger partial charge in [0.15, 0.2) is 0 Å². The number of hydrogen-bond acceptors (Lipinski definition) is 4. The molecule has 1 aliphatic rings. The van der Waals surface area contributed by atoms with Gasteiger partial charge in [-0.2, -0.15) is 5.10 Å². The predicted molar refractivity (Wildman–Crippen MR) is 95.6 cm³/mol. The van der Waals surface area contributed by atoms with Crippen LogP contribution in [0.3, 0.4) is 0 Å². The molecule has 1 saturated heterocycles. The first-order valence-electron chi connectivity index (χ1n) is 8.25. The van der Waals surface area contributed by atoms with Gasteiger partial charge >= 0.3 is 0 Å². The van der Waals surface area contributed by atoms with Crippen LogP contribution >= 0.6 is 11.8 Å². The van der Waals surface area contributed by atoms with Gasteiger partial charge < -0.3 is 10.1 Å². The number of H-pyrrole nitrogens is 1. The number of amides is 1. The van der Waals surface area contributed by atoms with Gasteiger partial charge in [0.1, 0.15) is 0 Å². The Morgan fingerprint density at radius 2 is 2.25 bits per heavy atom. The van der Waals surface area contributed by atoms with Crippen LogP contribution in [-0.2, 0) is 4.74 Å². The minimum Gasteiger partial charge on any atom is -0.381 e. The molecule has 2 atom stereocenters. The molecular weight excluding hydrogens is 322 g/mol. The first-order chi connectivity index (χ1) is 11.6. The molecule has 2 heterocycles. The van der Waals surface area contributed by atoms with Crippen LogP contribution in [-0.4, -0.2) is 41.1 Å². The summed E-state index contributed by atoms with van der Waals surface area (Å²) in [6.45, 7) is 5.50. The van der Waals surface area contributed by atoms with Gasteiger partial charge in [0.2, 0.25) is 0 Å². The van der Waals surface area contributed by atoms with E-state index in [2.05, 4.69) is 46.7 Å². The number of benzene rings is 1. The summed E-state index contributed by atoms with van der Waals surface area (Å²) in [4.78, 5) is 13.7. The van der Waals surface area contributed by atoms with Crippen molar-refractivity contribution >= 4 is 17.7 Å². The number of carbonyl (C=O) groups excluding carboxylic acids is 1. The average Bonchev–Trinajstić information content (AvgIpc) is 3.25. The molecule has 0 spiro atoms. The maximum atomic E-state index is 12.5. The zero-order chi connectivity index (χ0) is 16.9. The van der Waals surface area contributed by atoms with E-state index in [1.54, 1.807) is 18.0 Å². The monoisotopic (exact) mass is 345 g/mol. The second kappa shape index (κ2) is 7.85. The quantitative estimate of drug-likeness (QED) is 0.790. The van der Waals surface area contributed by atoms with Crippen molar-refractivity contribution in [3.05, 3.63) is 47.3 Å². The molecule has 1 amide bonds. The lowest BCUT2D eigenvalue weighted by Gasteiger charge is -2.14. The van der Waals surface area contributed by atoms with Crippen molar-refractivity contribution < 1.29 is 9.53 Å². The van der Waals surface area contributed by atoms with Crippen molar-refractivity contribution in [1.82, 2.24) is 15.5 Å². The molecule has 1 aromatic heterocycles. The number of thioether (sulfide) groups is 1. The van der Waals surface area contributed by atoms with E-state index < -0.39 is 0 Å². The van der Waals surface area contributed by atoms with Gasteiger partial charge in [-0.1, -0.05) is 17.7 Å². The topological polar surface area (TPSA) is 67.0 Å². The third kappa shape index (κ3) is 4.19. The minimum absolute atomic E-state index is 0.0670. The third-order valence-corrected chi connectivity index (χ3v) is 5.42.